The monoisotopic (exact) mass is 339 g/mol. The van der Waals surface area contributed by atoms with Crippen molar-refractivity contribution >= 4 is 29.4 Å². The molecule has 1 saturated carbocycles. The molecule has 3 heterocycles. The number of carbonyl (C=O) groups is 1. The normalized spacial score (nSPS) is 29.5. The minimum Gasteiger partial charge on any atom is -0.341 e. The first-order valence-corrected chi connectivity index (χ1v) is 10.3. The second kappa shape index (κ2) is 6.43. The highest BCUT2D eigenvalue weighted by Gasteiger charge is 2.34. The lowest BCUT2D eigenvalue weighted by atomic mass is 9.97. The molecule has 3 aliphatic rings. The number of amides is 1. The topological polar surface area (TPSA) is 59.2 Å². The highest BCUT2D eigenvalue weighted by molar-refractivity contribution is 8.07. The van der Waals surface area contributed by atoms with Gasteiger partial charge in [-0.25, -0.2) is 0 Å². The van der Waals surface area contributed by atoms with Gasteiger partial charge in [-0.15, -0.1) is 11.8 Å². The van der Waals surface area contributed by atoms with Crippen LogP contribution in [-0.2, 0) is 4.79 Å². The van der Waals surface area contributed by atoms with Crippen LogP contribution in [0.2, 0.25) is 0 Å². The Hall–Kier alpha value is -0.690. The Morgan fingerprint density at radius 1 is 1.23 bits per heavy atom. The molecule has 0 N–H and O–H groups in total. The van der Waals surface area contributed by atoms with Crippen molar-refractivity contribution in [3.63, 3.8) is 0 Å². The average Bonchev–Trinajstić information content (AvgIpc) is 3.32. The van der Waals surface area contributed by atoms with Crippen LogP contribution in [0.3, 0.4) is 0 Å². The number of aromatic nitrogens is 2. The van der Waals surface area contributed by atoms with Crippen LogP contribution < -0.4 is 0 Å². The van der Waals surface area contributed by atoms with Crippen LogP contribution in [0.15, 0.2) is 4.52 Å². The molecule has 2 unspecified atom stereocenters. The largest absolute Gasteiger partial charge is 0.341 e. The van der Waals surface area contributed by atoms with E-state index in [0.29, 0.717) is 11.8 Å². The molecule has 1 aromatic rings. The molecule has 7 heteroatoms. The van der Waals surface area contributed by atoms with Crippen molar-refractivity contribution in [1.82, 2.24) is 15.0 Å². The highest BCUT2D eigenvalue weighted by Crippen LogP contribution is 2.39. The van der Waals surface area contributed by atoms with E-state index >= 15 is 0 Å². The van der Waals surface area contributed by atoms with Crippen LogP contribution in [0.5, 0.6) is 0 Å². The molecule has 120 valence electrons. The van der Waals surface area contributed by atoms with Crippen molar-refractivity contribution in [3.8, 4) is 0 Å². The predicted octanol–water partition coefficient (Wildman–Crippen LogP) is 2.50. The first-order valence-electron chi connectivity index (χ1n) is 8.13. The summed E-state index contributed by atoms with van der Waals surface area (Å²) in [5.41, 5.74) is 0. The van der Waals surface area contributed by atoms with Crippen LogP contribution in [0.25, 0.3) is 0 Å². The Kier molecular flexibility index (Phi) is 4.35. The van der Waals surface area contributed by atoms with Gasteiger partial charge in [0.25, 0.3) is 0 Å². The molecule has 0 aromatic carbocycles. The fourth-order valence-electron chi connectivity index (χ4n) is 3.13. The van der Waals surface area contributed by atoms with Gasteiger partial charge in [0.2, 0.25) is 11.8 Å². The third-order valence-electron chi connectivity index (χ3n) is 4.57. The van der Waals surface area contributed by atoms with E-state index in [-0.39, 0.29) is 11.2 Å². The third-order valence-corrected chi connectivity index (χ3v) is 7.32. The summed E-state index contributed by atoms with van der Waals surface area (Å²) in [5.74, 6) is 5.89. The Labute approximate surface area is 139 Å². The maximum Gasteiger partial charge on any atom is 0.236 e. The maximum atomic E-state index is 12.7. The minimum atomic E-state index is 0.143. The molecule has 0 spiro atoms. The summed E-state index contributed by atoms with van der Waals surface area (Å²) in [4.78, 5) is 19.3. The smallest absolute Gasteiger partial charge is 0.236 e. The number of hydrogen-bond donors (Lipinski definition) is 0. The zero-order valence-electron chi connectivity index (χ0n) is 12.6. The average molecular weight is 339 g/mol. The van der Waals surface area contributed by atoms with Gasteiger partial charge in [-0.2, -0.15) is 16.7 Å². The van der Waals surface area contributed by atoms with E-state index in [1.54, 1.807) is 0 Å². The molecule has 0 radical (unpaired) electrons. The van der Waals surface area contributed by atoms with Gasteiger partial charge >= 0.3 is 0 Å². The van der Waals surface area contributed by atoms with E-state index in [0.717, 1.165) is 49.2 Å². The molecule has 2 aliphatic heterocycles. The summed E-state index contributed by atoms with van der Waals surface area (Å²) in [6, 6.07) is 0. The van der Waals surface area contributed by atoms with Crippen LogP contribution in [0.4, 0.5) is 0 Å². The van der Waals surface area contributed by atoms with E-state index < -0.39 is 0 Å². The lowest BCUT2D eigenvalue weighted by Gasteiger charge is -2.34. The molecule has 1 amide bonds. The number of piperidine rings is 1. The number of carbonyl (C=O) groups excluding carboxylic acids is 1. The Balaban J connectivity index is 1.40. The zero-order chi connectivity index (χ0) is 14.9. The molecule has 2 atom stereocenters. The maximum absolute atomic E-state index is 12.7. The Bertz CT molecular complexity index is 541. The van der Waals surface area contributed by atoms with E-state index in [1.165, 1.54) is 18.6 Å². The summed E-state index contributed by atoms with van der Waals surface area (Å²) in [5, 5.41) is 4.32. The van der Waals surface area contributed by atoms with Gasteiger partial charge in [-0.3, -0.25) is 4.79 Å². The van der Waals surface area contributed by atoms with Gasteiger partial charge in [0.15, 0.2) is 5.82 Å². The Morgan fingerprint density at radius 2 is 2.14 bits per heavy atom. The molecule has 1 aliphatic carbocycles. The van der Waals surface area contributed by atoms with Crippen molar-refractivity contribution in [2.45, 2.75) is 42.8 Å². The van der Waals surface area contributed by atoms with Crippen LogP contribution in [-0.4, -0.2) is 56.5 Å². The molecule has 5 nitrogen and oxygen atoms in total. The molecule has 0 bridgehead atoms. The number of thioether (sulfide) groups is 2. The van der Waals surface area contributed by atoms with Gasteiger partial charge in [-0.1, -0.05) is 5.16 Å². The lowest BCUT2D eigenvalue weighted by molar-refractivity contribution is -0.131. The third kappa shape index (κ3) is 3.15. The SMILES string of the molecule is O=C(C1CSCCS1)N1CCCC(c2noc(C3CC3)n2)C1. The van der Waals surface area contributed by atoms with Crippen LogP contribution in [0, 0.1) is 0 Å². The molecule has 22 heavy (non-hydrogen) atoms. The highest BCUT2D eigenvalue weighted by atomic mass is 32.2. The lowest BCUT2D eigenvalue weighted by Crippen LogP contribution is -2.45. The number of hydrogen-bond acceptors (Lipinski definition) is 6. The van der Waals surface area contributed by atoms with Gasteiger partial charge in [-0.05, 0) is 25.7 Å². The second-order valence-electron chi connectivity index (χ2n) is 6.32. The number of nitrogens with zero attached hydrogens (tertiary/aromatic N) is 3. The summed E-state index contributed by atoms with van der Waals surface area (Å²) in [7, 11) is 0. The molecular formula is C15H21N3O2S2. The second-order valence-corrected chi connectivity index (χ2v) is 8.78. The van der Waals surface area contributed by atoms with Crippen molar-refractivity contribution in [2.24, 2.45) is 0 Å². The van der Waals surface area contributed by atoms with Gasteiger partial charge in [0.1, 0.15) is 0 Å². The summed E-state index contributed by atoms with van der Waals surface area (Å²) >= 11 is 3.71. The molecule has 3 fully saturated rings. The first-order chi connectivity index (χ1) is 10.8. The van der Waals surface area contributed by atoms with Gasteiger partial charge in [0.05, 0.1) is 5.25 Å². The summed E-state index contributed by atoms with van der Waals surface area (Å²) in [6.45, 7) is 1.63. The van der Waals surface area contributed by atoms with E-state index in [1.807, 2.05) is 28.4 Å². The summed E-state index contributed by atoms with van der Waals surface area (Å²) in [6.07, 6.45) is 4.44. The van der Waals surface area contributed by atoms with Crippen molar-refractivity contribution in [1.29, 1.82) is 0 Å². The van der Waals surface area contributed by atoms with Crippen LogP contribution in [0.1, 0.15) is 49.2 Å². The molecule has 4 rings (SSSR count). The fraction of sp³-hybridized carbons (Fsp3) is 0.800. The van der Waals surface area contributed by atoms with Gasteiger partial charge in [0, 0.05) is 42.2 Å². The quantitative estimate of drug-likeness (QED) is 0.843. The van der Waals surface area contributed by atoms with E-state index in [2.05, 4.69) is 10.1 Å². The molecular weight excluding hydrogens is 318 g/mol. The predicted molar refractivity (Wildman–Crippen MR) is 88.4 cm³/mol. The van der Waals surface area contributed by atoms with Crippen molar-refractivity contribution < 1.29 is 9.32 Å². The first kappa shape index (κ1) is 14.9. The molecule has 1 aromatic heterocycles. The van der Waals surface area contributed by atoms with Crippen molar-refractivity contribution in [3.05, 3.63) is 11.7 Å². The number of likely N-dealkylation sites (tertiary alicyclic amines) is 1. The Morgan fingerprint density at radius 3 is 2.91 bits per heavy atom. The minimum absolute atomic E-state index is 0.143. The molecule has 2 saturated heterocycles. The van der Waals surface area contributed by atoms with Gasteiger partial charge < -0.3 is 9.42 Å². The number of rotatable bonds is 3. The van der Waals surface area contributed by atoms with Crippen molar-refractivity contribution in [2.75, 3.05) is 30.3 Å². The van der Waals surface area contributed by atoms with E-state index in [4.69, 9.17) is 4.52 Å². The fourth-order valence-corrected chi connectivity index (χ4v) is 5.76. The van der Waals surface area contributed by atoms with E-state index in [9.17, 15) is 4.79 Å². The zero-order valence-corrected chi connectivity index (χ0v) is 14.2. The standard InChI is InChI=1S/C15H21N3O2S2/c19-15(12-9-21-6-7-22-12)18-5-1-2-11(8-18)13-16-14(20-17-13)10-3-4-10/h10-12H,1-9H2. The van der Waals surface area contributed by atoms with Crippen LogP contribution >= 0.6 is 23.5 Å². The summed E-state index contributed by atoms with van der Waals surface area (Å²) < 4.78 is 5.38.